The Labute approximate surface area is 157 Å². The van der Waals surface area contributed by atoms with Crippen LogP contribution >= 0.6 is 0 Å². The number of aliphatic imine (C=N–C) groups is 1. The summed E-state index contributed by atoms with van der Waals surface area (Å²) in [6.45, 7) is 0.501. The van der Waals surface area contributed by atoms with Gasteiger partial charge in [-0.05, 0) is 35.9 Å². The van der Waals surface area contributed by atoms with Gasteiger partial charge in [0.05, 0.1) is 21.3 Å². The molecule has 0 aliphatic rings. The highest BCUT2D eigenvalue weighted by Crippen LogP contribution is 2.38. The normalized spacial score (nSPS) is 11.1. The molecule has 2 aromatic rings. The van der Waals surface area contributed by atoms with E-state index in [4.69, 9.17) is 14.2 Å². The molecule has 0 radical (unpaired) electrons. The molecule has 6 nitrogen and oxygen atoms in total. The molecule has 2 aromatic carbocycles. The molecule has 0 amide bonds. The van der Waals surface area contributed by atoms with Crippen molar-refractivity contribution in [3.05, 3.63) is 53.1 Å². The standard InChI is InChI=1S/C19H23F2N3O3/c1-22-19(24-11-13-9-14(20)5-6-15(13)21)23-10-12-7-16(25-2)18(27-4)17(8-12)26-3/h5-9H,10-11H2,1-4H3,(H2,22,23,24). The first-order chi connectivity index (χ1) is 13.0. The van der Waals surface area contributed by atoms with Crippen LogP contribution in [0.3, 0.4) is 0 Å². The zero-order chi connectivity index (χ0) is 19.8. The molecule has 0 aliphatic heterocycles. The molecule has 0 spiro atoms. The van der Waals surface area contributed by atoms with E-state index in [0.717, 1.165) is 23.8 Å². The van der Waals surface area contributed by atoms with Crippen LogP contribution in [0.4, 0.5) is 8.78 Å². The van der Waals surface area contributed by atoms with Crippen molar-refractivity contribution in [1.82, 2.24) is 10.6 Å². The highest BCUT2D eigenvalue weighted by Gasteiger charge is 2.13. The summed E-state index contributed by atoms with van der Waals surface area (Å²) in [6.07, 6.45) is 0. The quantitative estimate of drug-likeness (QED) is 0.572. The maximum Gasteiger partial charge on any atom is 0.203 e. The smallest absolute Gasteiger partial charge is 0.203 e. The van der Waals surface area contributed by atoms with Crippen molar-refractivity contribution in [2.24, 2.45) is 4.99 Å². The van der Waals surface area contributed by atoms with Crippen molar-refractivity contribution in [3.8, 4) is 17.2 Å². The molecule has 0 heterocycles. The van der Waals surface area contributed by atoms with Crippen LogP contribution in [0.2, 0.25) is 0 Å². The monoisotopic (exact) mass is 379 g/mol. The molecule has 0 bridgehead atoms. The molecule has 0 saturated carbocycles. The van der Waals surface area contributed by atoms with E-state index in [0.29, 0.717) is 29.8 Å². The molecule has 0 atom stereocenters. The van der Waals surface area contributed by atoms with Gasteiger partial charge in [-0.3, -0.25) is 4.99 Å². The summed E-state index contributed by atoms with van der Waals surface area (Å²) >= 11 is 0. The predicted octanol–water partition coefficient (Wildman–Crippen LogP) is 2.86. The van der Waals surface area contributed by atoms with E-state index in [1.165, 1.54) is 7.11 Å². The maximum absolute atomic E-state index is 13.7. The van der Waals surface area contributed by atoms with Crippen LogP contribution in [0, 0.1) is 11.6 Å². The van der Waals surface area contributed by atoms with Gasteiger partial charge in [-0.15, -0.1) is 0 Å². The zero-order valence-corrected chi connectivity index (χ0v) is 15.7. The van der Waals surface area contributed by atoms with E-state index in [2.05, 4.69) is 15.6 Å². The van der Waals surface area contributed by atoms with Gasteiger partial charge in [-0.1, -0.05) is 0 Å². The third kappa shape index (κ3) is 5.22. The minimum absolute atomic E-state index is 0.0958. The predicted molar refractivity (Wildman–Crippen MR) is 99.5 cm³/mol. The number of guanidine groups is 1. The second-order valence-electron chi connectivity index (χ2n) is 5.55. The van der Waals surface area contributed by atoms with Crippen LogP contribution in [0.15, 0.2) is 35.3 Å². The lowest BCUT2D eigenvalue weighted by Gasteiger charge is -2.16. The SMILES string of the molecule is CN=C(NCc1cc(OC)c(OC)c(OC)c1)NCc1cc(F)ccc1F. The lowest BCUT2D eigenvalue weighted by Crippen LogP contribution is -2.36. The van der Waals surface area contributed by atoms with Gasteiger partial charge in [0.2, 0.25) is 5.75 Å². The number of hydrogen-bond acceptors (Lipinski definition) is 4. The van der Waals surface area contributed by atoms with Crippen molar-refractivity contribution in [2.45, 2.75) is 13.1 Å². The highest BCUT2D eigenvalue weighted by molar-refractivity contribution is 5.79. The largest absolute Gasteiger partial charge is 0.493 e. The maximum atomic E-state index is 13.7. The minimum Gasteiger partial charge on any atom is -0.493 e. The van der Waals surface area contributed by atoms with Crippen molar-refractivity contribution < 1.29 is 23.0 Å². The van der Waals surface area contributed by atoms with Crippen LogP contribution in [0.25, 0.3) is 0 Å². The van der Waals surface area contributed by atoms with Crippen LogP contribution in [0.5, 0.6) is 17.2 Å². The Morgan fingerprint density at radius 1 is 0.926 bits per heavy atom. The molecule has 27 heavy (non-hydrogen) atoms. The van der Waals surface area contributed by atoms with Crippen LogP contribution in [-0.2, 0) is 13.1 Å². The molecular weight excluding hydrogens is 356 g/mol. The van der Waals surface area contributed by atoms with E-state index in [1.807, 2.05) is 12.1 Å². The van der Waals surface area contributed by atoms with E-state index in [9.17, 15) is 8.78 Å². The average Bonchev–Trinajstić information content (AvgIpc) is 2.69. The topological polar surface area (TPSA) is 64.1 Å². The van der Waals surface area contributed by atoms with Gasteiger partial charge in [0.1, 0.15) is 11.6 Å². The third-order valence-electron chi connectivity index (χ3n) is 3.86. The summed E-state index contributed by atoms with van der Waals surface area (Å²) in [4.78, 5) is 4.08. The first kappa shape index (κ1) is 20.3. The Balaban J connectivity index is 2.04. The fraction of sp³-hybridized carbons (Fsp3) is 0.316. The number of benzene rings is 2. The van der Waals surface area contributed by atoms with Gasteiger partial charge >= 0.3 is 0 Å². The molecule has 0 saturated heterocycles. The van der Waals surface area contributed by atoms with Gasteiger partial charge in [0, 0.05) is 25.7 Å². The van der Waals surface area contributed by atoms with Gasteiger partial charge in [0.15, 0.2) is 17.5 Å². The Hall–Kier alpha value is -3.03. The molecular formula is C19H23F2N3O3. The summed E-state index contributed by atoms with van der Waals surface area (Å²) in [5, 5.41) is 6.05. The van der Waals surface area contributed by atoms with Crippen molar-refractivity contribution >= 4 is 5.96 Å². The van der Waals surface area contributed by atoms with Crippen LogP contribution in [0.1, 0.15) is 11.1 Å². The number of hydrogen-bond donors (Lipinski definition) is 2. The second-order valence-corrected chi connectivity index (χ2v) is 5.55. The van der Waals surface area contributed by atoms with Crippen LogP contribution in [-0.4, -0.2) is 34.3 Å². The summed E-state index contributed by atoms with van der Waals surface area (Å²) in [7, 11) is 6.22. The first-order valence-electron chi connectivity index (χ1n) is 8.19. The molecule has 2 N–H and O–H groups in total. The highest BCUT2D eigenvalue weighted by atomic mass is 19.1. The van der Waals surface area contributed by atoms with Crippen molar-refractivity contribution in [1.29, 1.82) is 0 Å². The Morgan fingerprint density at radius 3 is 2.11 bits per heavy atom. The molecule has 146 valence electrons. The third-order valence-corrected chi connectivity index (χ3v) is 3.86. The first-order valence-corrected chi connectivity index (χ1v) is 8.19. The minimum atomic E-state index is -0.492. The summed E-state index contributed by atoms with van der Waals surface area (Å²) < 4.78 is 42.9. The molecule has 0 aromatic heterocycles. The Kier molecular flexibility index (Phi) is 7.22. The fourth-order valence-corrected chi connectivity index (χ4v) is 2.50. The summed E-state index contributed by atoms with van der Waals surface area (Å²) in [6, 6.07) is 6.95. The molecule has 0 unspecified atom stereocenters. The fourth-order valence-electron chi connectivity index (χ4n) is 2.50. The van der Waals surface area contributed by atoms with E-state index in [1.54, 1.807) is 21.3 Å². The van der Waals surface area contributed by atoms with E-state index >= 15 is 0 Å². The molecule has 0 fully saturated rings. The summed E-state index contributed by atoms with van der Waals surface area (Å²) in [5.41, 5.74) is 1.08. The average molecular weight is 379 g/mol. The summed E-state index contributed by atoms with van der Waals surface area (Å²) in [5.74, 6) is 1.05. The van der Waals surface area contributed by atoms with Crippen molar-refractivity contribution in [2.75, 3.05) is 28.4 Å². The number of methoxy groups -OCH3 is 3. The van der Waals surface area contributed by atoms with Gasteiger partial charge < -0.3 is 24.8 Å². The van der Waals surface area contributed by atoms with Crippen LogP contribution < -0.4 is 24.8 Å². The lowest BCUT2D eigenvalue weighted by molar-refractivity contribution is 0.323. The van der Waals surface area contributed by atoms with Gasteiger partial charge in [-0.2, -0.15) is 0 Å². The number of ether oxygens (including phenoxy) is 3. The molecule has 8 heteroatoms. The molecule has 2 rings (SSSR count). The number of halogens is 2. The van der Waals surface area contributed by atoms with E-state index in [-0.39, 0.29) is 12.1 Å². The van der Waals surface area contributed by atoms with Gasteiger partial charge in [-0.25, -0.2) is 8.78 Å². The second kappa shape index (κ2) is 9.61. The van der Waals surface area contributed by atoms with Gasteiger partial charge in [0.25, 0.3) is 0 Å². The molecule has 0 aliphatic carbocycles. The van der Waals surface area contributed by atoms with Crippen molar-refractivity contribution in [3.63, 3.8) is 0 Å². The number of nitrogens with one attached hydrogen (secondary N) is 2. The number of rotatable bonds is 7. The lowest BCUT2D eigenvalue weighted by atomic mass is 10.2. The Bertz CT molecular complexity index is 788. The zero-order valence-electron chi connectivity index (χ0n) is 15.7. The Morgan fingerprint density at radius 2 is 1.56 bits per heavy atom. The van der Waals surface area contributed by atoms with E-state index < -0.39 is 11.6 Å². The number of nitrogens with zero attached hydrogens (tertiary/aromatic N) is 1.